The predicted octanol–water partition coefficient (Wildman–Crippen LogP) is 5.57. The Labute approximate surface area is 167 Å². The zero-order valence-electron chi connectivity index (χ0n) is 17.5. The lowest BCUT2D eigenvalue weighted by molar-refractivity contribution is 0.0179. The minimum atomic E-state index is -0.420. The molecular formula is C22H35NO3S. The van der Waals surface area contributed by atoms with Gasteiger partial charge in [0.15, 0.2) is 0 Å². The maximum atomic E-state index is 12.1. The minimum Gasteiger partial charge on any atom is -0.494 e. The Bertz CT molecular complexity index is 626. The van der Waals surface area contributed by atoms with Gasteiger partial charge in [-0.25, -0.2) is 4.79 Å². The maximum Gasteiger partial charge on any atom is 0.410 e. The van der Waals surface area contributed by atoms with E-state index in [-0.39, 0.29) is 16.6 Å². The van der Waals surface area contributed by atoms with Gasteiger partial charge in [-0.2, -0.15) is 10.5 Å². The smallest absolute Gasteiger partial charge is 0.410 e. The second-order valence-corrected chi connectivity index (χ2v) is 10.2. The number of benzene rings is 1. The van der Waals surface area contributed by atoms with Gasteiger partial charge in [0.1, 0.15) is 11.4 Å². The predicted molar refractivity (Wildman–Crippen MR) is 115 cm³/mol. The van der Waals surface area contributed by atoms with E-state index < -0.39 is 5.60 Å². The van der Waals surface area contributed by atoms with Crippen molar-refractivity contribution < 1.29 is 14.3 Å². The molecule has 1 amide bonds. The lowest BCUT2D eigenvalue weighted by Gasteiger charge is -2.33. The van der Waals surface area contributed by atoms with Crippen LogP contribution in [0.3, 0.4) is 0 Å². The van der Waals surface area contributed by atoms with Crippen LogP contribution in [0, 0.1) is 5.92 Å². The third kappa shape index (κ3) is 7.57. The Balaban J connectivity index is 1.64. The molecule has 0 aliphatic carbocycles. The van der Waals surface area contributed by atoms with Crippen LogP contribution in [0.1, 0.15) is 53.4 Å². The molecule has 0 saturated carbocycles. The van der Waals surface area contributed by atoms with Crippen molar-refractivity contribution in [3.05, 3.63) is 24.3 Å². The van der Waals surface area contributed by atoms with Gasteiger partial charge in [0, 0.05) is 18.0 Å². The Kier molecular flexibility index (Phi) is 8.21. The van der Waals surface area contributed by atoms with Gasteiger partial charge in [0.2, 0.25) is 0 Å². The summed E-state index contributed by atoms with van der Waals surface area (Å²) in [7, 11) is 0.211. The summed E-state index contributed by atoms with van der Waals surface area (Å²) in [5.41, 5.74) is -0.420. The minimum absolute atomic E-state index is 0.177. The summed E-state index contributed by atoms with van der Waals surface area (Å²) >= 11 is 0. The first kappa shape index (κ1) is 21.8. The monoisotopic (exact) mass is 393 g/mol. The summed E-state index contributed by atoms with van der Waals surface area (Å²) in [4.78, 5) is 15.3. The highest BCUT2D eigenvalue weighted by Gasteiger charge is 2.26. The Morgan fingerprint density at radius 1 is 1.22 bits per heavy atom. The molecule has 1 fully saturated rings. The van der Waals surface area contributed by atoms with Crippen LogP contribution in [0.4, 0.5) is 4.79 Å². The van der Waals surface area contributed by atoms with E-state index in [2.05, 4.69) is 42.8 Å². The number of rotatable bonds is 6. The summed E-state index contributed by atoms with van der Waals surface area (Å²) in [6, 6.07) is 8.46. The van der Waals surface area contributed by atoms with Gasteiger partial charge in [-0.15, -0.1) is 0 Å². The third-order valence-corrected chi connectivity index (χ3v) is 6.56. The number of nitrogens with zero attached hydrogens (tertiary/aromatic N) is 1. The number of hydrogen-bond acceptors (Lipinski definition) is 3. The van der Waals surface area contributed by atoms with E-state index in [1.165, 1.54) is 4.90 Å². The number of carbonyl (C=O) groups excluding carboxylic acids is 1. The van der Waals surface area contributed by atoms with Gasteiger partial charge in [-0.1, -0.05) is 5.37 Å². The van der Waals surface area contributed by atoms with Crippen molar-refractivity contribution in [2.24, 2.45) is 5.92 Å². The fourth-order valence-electron chi connectivity index (χ4n) is 3.18. The van der Waals surface area contributed by atoms with Crippen LogP contribution in [0.2, 0.25) is 0 Å². The molecule has 0 N–H and O–H groups in total. The van der Waals surface area contributed by atoms with Crippen LogP contribution in [0.15, 0.2) is 29.2 Å². The van der Waals surface area contributed by atoms with Crippen LogP contribution in [0.25, 0.3) is 0 Å². The molecule has 27 heavy (non-hydrogen) atoms. The van der Waals surface area contributed by atoms with Crippen LogP contribution in [-0.4, -0.2) is 47.9 Å². The Hall–Kier alpha value is -1.49. The number of hydrogen-bond donors (Lipinski definition) is 0. The van der Waals surface area contributed by atoms with Crippen molar-refractivity contribution in [3.63, 3.8) is 0 Å². The molecule has 0 radical (unpaired) electrons. The SMILES string of the molecule is C/C=S(\C)c1ccc(OCCCC2CCN(C(=O)OC(C)(C)C)CC2)cc1. The quantitative estimate of drug-likeness (QED) is 0.468. The normalized spacial score (nSPS) is 17.0. The number of likely N-dealkylation sites (tertiary alicyclic amines) is 1. The number of piperidine rings is 1. The summed E-state index contributed by atoms with van der Waals surface area (Å²) in [6.07, 6.45) is 6.37. The lowest BCUT2D eigenvalue weighted by Crippen LogP contribution is -2.41. The fourth-order valence-corrected chi connectivity index (χ4v) is 4.02. The first-order chi connectivity index (χ1) is 12.8. The van der Waals surface area contributed by atoms with E-state index in [1.54, 1.807) is 0 Å². The molecule has 152 valence electrons. The van der Waals surface area contributed by atoms with Crippen LogP contribution in [0.5, 0.6) is 5.75 Å². The van der Waals surface area contributed by atoms with E-state index >= 15 is 0 Å². The molecule has 0 spiro atoms. The van der Waals surface area contributed by atoms with Gasteiger partial charge in [-0.3, -0.25) is 0 Å². The van der Waals surface area contributed by atoms with Gasteiger partial charge < -0.3 is 14.4 Å². The summed E-state index contributed by atoms with van der Waals surface area (Å²) in [5.74, 6) is 1.63. The van der Waals surface area contributed by atoms with Gasteiger partial charge in [0.25, 0.3) is 0 Å². The first-order valence-electron chi connectivity index (χ1n) is 9.93. The van der Waals surface area contributed by atoms with Crippen molar-refractivity contribution in [2.45, 2.75) is 63.9 Å². The van der Waals surface area contributed by atoms with E-state index in [0.29, 0.717) is 5.92 Å². The second-order valence-electron chi connectivity index (χ2n) is 8.17. The topological polar surface area (TPSA) is 38.8 Å². The largest absolute Gasteiger partial charge is 0.494 e. The third-order valence-electron chi connectivity index (χ3n) is 4.84. The molecule has 1 atom stereocenters. The van der Waals surface area contributed by atoms with Gasteiger partial charge in [0.05, 0.1) is 6.61 Å². The summed E-state index contributed by atoms with van der Waals surface area (Å²) < 4.78 is 11.3. The Morgan fingerprint density at radius 2 is 1.85 bits per heavy atom. The van der Waals surface area contributed by atoms with Crippen molar-refractivity contribution in [2.75, 3.05) is 26.0 Å². The lowest BCUT2D eigenvalue weighted by atomic mass is 9.92. The van der Waals surface area contributed by atoms with Crippen LogP contribution < -0.4 is 4.74 Å². The van der Waals surface area contributed by atoms with Crippen molar-refractivity contribution in [1.29, 1.82) is 0 Å². The standard InChI is InChI=1S/C22H35NO3S/c1-6-27(5)20-11-9-19(10-12-20)25-17-7-8-18-13-15-23(16-14-18)21(24)26-22(2,3)4/h6,9-12,18H,7-8,13-17H2,1-5H3. The van der Waals surface area contributed by atoms with E-state index in [9.17, 15) is 4.79 Å². The van der Waals surface area contributed by atoms with Gasteiger partial charge >= 0.3 is 6.09 Å². The summed E-state index contributed by atoms with van der Waals surface area (Å²) in [6.45, 7) is 10.2. The van der Waals surface area contributed by atoms with Crippen LogP contribution >= 0.6 is 10.5 Å². The zero-order valence-corrected chi connectivity index (χ0v) is 18.3. The molecule has 1 unspecified atom stereocenters. The molecule has 1 aliphatic rings. The Morgan fingerprint density at radius 3 is 2.41 bits per heavy atom. The number of carbonyl (C=O) groups is 1. The highest BCUT2D eigenvalue weighted by Crippen LogP contribution is 2.26. The molecule has 5 heteroatoms. The average molecular weight is 394 g/mol. The average Bonchev–Trinajstić information content (AvgIpc) is 2.64. The zero-order chi connectivity index (χ0) is 19.9. The van der Waals surface area contributed by atoms with E-state index in [4.69, 9.17) is 9.47 Å². The molecule has 0 aromatic heterocycles. The van der Waals surface area contributed by atoms with Crippen molar-refractivity contribution in [3.8, 4) is 5.75 Å². The fraction of sp³-hybridized carbons (Fsp3) is 0.636. The number of amides is 1. The molecule has 4 nitrogen and oxygen atoms in total. The highest BCUT2D eigenvalue weighted by atomic mass is 32.2. The number of ether oxygens (including phenoxy) is 2. The van der Waals surface area contributed by atoms with E-state index in [1.807, 2.05) is 25.7 Å². The molecule has 1 aliphatic heterocycles. The molecule has 1 heterocycles. The van der Waals surface area contributed by atoms with Crippen LogP contribution in [-0.2, 0) is 4.74 Å². The highest BCUT2D eigenvalue weighted by molar-refractivity contribution is 8.14. The first-order valence-corrected chi connectivity index (χ1v) is 11.6. The molecule has 2 rings (SSSR count). The van der Waals surface area contributed by atoms with Crippen molar-refractivity contribution >= 4 is 21.9 Å². The van der Waals surface area contributed by atoms with Gasteiger partial charge in [-0.05, 0) is 89.8 Å². The molecule has 0 bridgehead atoms. The van der Waals surface area contributed by atoms with Crippen molar-refractivity contribution in [1.82, 2.24) is 4.90 Å². The molecule has 1 aromatic rings. The second kappa shape index (κ2) is 10.2. The molecular weight excluding hydrogens is 358 g/mol. The van der Waals surface area contributed by atoms with E-state index in [0.717, 1.165) is 51.1 Å². The molecule has 1 saturated heterocycles. The summed E-state index contributed by atoms with van der Waals surface area (Å²) in [5, 5.41) is 2.23. The molecule has 1 aromatic carbocycles. The maximum absolute atomic E-state index is 12.1.